The molecular weight excluding hydrogens is 264 g/mol. The molecule has 0 heterocycles. The first-order valence-electron chi connectivity index (χ1n) is 9.05. The Morgan fingerprint density at radius 1 is 0.571 bits per heavy atom. The summed E-state index contributed by atoms with van der Waals surface area (Å²) in [6.45, 7) is 6.05. The summed E-state index contributed by atoms with van der Waals surface area (Å²) in [5, 5.41) is 31.7. The van der Waals surface area contributed by atoms with Gasteiger partial charge in [0.1, 0.15) is 5.60 Å². The fourth-order valence-corrected chi connectivity index (χ4v) is 3.05. The molecular formula is C18H38O3. The van der Waals surface area contributed by atoms with Crippen LogP contribution in [0.2, 0.25) is 0 Å². The monoisotopic (exact) mass is 302 g/mol. The molecule has 0 amide bonds. The van der Waals surface area contributed by atoms with E-state index in [1.54, 1.807) is 0 Å². The lowest BCUT2D eigenvalue weighted by Gasteiger charge is -2.43. The lowest BCUT2D eigenvalue weighted by atomic mass is 9.73. The maximum Gasteiger partial charge on any atom is 0.116 e. The van der Waals surface area contributed by atoms with Gasteiger partial charge in [-0.05, 0) is 19.3 Å². The lowest BCUT2D eigenvalue weighted by molar-refractivity contribution is -0.185. The predicted molar refractivity (Wildman–Crippen MR) is 89.4 cm³/mol. The summed E-state index contributed by atoms with van der Waals surface area (Å²) in [7, 11) is 0. The van der Waals surface area contributed by atoms with Gasteiger partial charge in [-0.3, -0.25) is 0 Å². The average molecular weight is 302 g/mol. The van der Waals surface area contributed by atoms with Gasteiger partial charge in [-0.25, -0.2) is 0 Å². The van der Waals surface area contributed by atoms with E-state index in [0.29, 0.717) is 19.3 Å². The fraction of sp³-hybridized carbons (Fsp3) is 1.00. The molecule has 3 nitrogen and oxygen atoms in total. The summed E-state index contributed by atoms with van der Waals surface area (Å²) in [4.78, 5) is 0. The van der Waals surface area contributed by atoms with Gasteiger partial charge in [-0.2, -0.15) is 0 Å². The van der Waals surface area contributed by atoms with Crippen LogP contribution in [0.15, 0.2) is 0 Å². The minimum atomic E-state index is -1.34. The molecule has 21 heavy (non-hydrogen) atoms. The summed E-state index contributed by atoms with van der Waals surface area (Å²) in [6, 6.07) is 0. The minimum absolute atomic E-state index is 0.342. The van der Waals surface area contributed by atoms with E-state index in [0.717, 1.165) is 57.8 Å². The first-order valence-corrected chi connectivity index (χ1v) is 9.05. The summed E-state index contributed by atoms with van der Waals surface area (Å²) in [5.74, 6) is 0. The Bertz CT molecular complexity index is 233. The van der Waals surface area contributed by atoms with Crippen LogP contribution >= 0.6 is 0 Å². The van der Waals surface area contributed by atoms with Crippen LogP contribution in [0.4, 0.5) is 0 Å². The molecule has 0 aromatic heterocycles. The highest BCUT2D eigenvalue weighted by molar-refractivity contribution is 4.99. The van der Waals surface area contributed by atoms with E-state index in [-0.39, 0.29) is 6.61 Å². The molecule has 1 atom stereocenters. The van der Waals surface area contributed by atoms with E-state index in [9.17, 15) is 15.3 Å². The minimum Gasteiger partial charge on any atom is -0.393 e. The van der Waals surface area contributed by atoms with Crippen molar-refractivity contribution in [1.29, 1.82) is 0 Å². The molecule has 0 aliphatic rings. The van der Waals surface area contributed by atoms with Gasteiger partial charge in [-0.15, -0.1) is 0 Å². The number of unbranched alkanes of at least 4 members (excludes halogenated alkanes) is 6. The number of rotatable bonds is 14. The van der Waals surface area contributed by atoms with Crippen LogP contribution in [0.1, 0.15) is 97.8 Å². The van der Waals surface area contributed by atoms with Crippen LogP contribution < -0.4 is 0 Å². The molecule has 0 bridgehead atoms. The SMILES string of the molecule is CCCCCC(O)(CO)C(O)(CCCCC)CCCCC. The molecule has 0 aromatic rings. The normalized spacial score (nSPS) is 15.1. The van der Waals surface area contributed by atoms with Gasteiger partial charge in [0.2, 0.25) is 0 Å². The topological polar surface area (TPSA) is 60.7 Å². The Hall–Kier alpha value is -0.120. The first-order chi connectivity index (χ1) is 9.99. The summed E-state index contributed by atoms with van der Waals surface area (Å²) < 4.78 is 0. The van der Waals surface area contributed by atoms with Gasteiger partial charge in [0.15, 0.2) is 0 Å². The zero-order valence-corrected chi connectivity index (χ0v) is 14.5. The molecule has 0 aliphatic heterocycles. The quantitative estimate of drug-likeness (QED) is 0.422. The van der Waals surface area contributed by atoms with Crippen molar-refractivity contribution in [1.82, 2.24) is 0 Å². The summed E-state index contributed by atoms with van der Waals surface area (Å²) in [6.07, 6.45) is 10.8. The van der Waals surface area contributed by atoms with Crippen molar-refractivity contribution in [3.8, 4) is 0 Å². The highest BCUT2D eigenvalue weighted by atomic mass is 16.4. The van der Waals surface area contributed by atoms with Crippen LogP contribution in [0.5, 0.6) is 0 Å². The smallest absolute Gasteiger partial charge is 0.116 e. The van der Waals surface area contributed by atoms with E-state index < -0.39 is 11.2 Å². The fourth-order valence-electron chi connectivity index (χ4n) is 3.05. The molecule has 0 saturated heterocycles. The second-order valence-electron chi connectivity index (χ2n) is 6.59. The number of hydrogen-bond donors (Lipinski definition) is 3. The second kappa shape index (κ2) is 11.4. The molecule has 0 saturated carbocycles. The van der Waals surface area contributed by atoms with Gasteiger partial charge in [-0.1, -0.05) is 78.6 Å². The molecule has 0 fully saturated rings. The summed E-state index contributed by atoms with van der Waals surface area (Å²) >= 11 is 0. The van der Waals surface area contributed by atoms with Gasteiger partial charge < -0.3 is 15.3 Å². The van der Waals surface area contributed by atoms with Gasteiger partial charge >= 0.3 is 0 Å². The van der Waals surface area contributed by atoms with E-state index in [4.69, 9.17) is 0 Å². The van der Waals surface area contributed by atoms with Gasteiger partial charge in [0.05, 0.1) is 12.2 Å². The highest BCUT2D eigenvalue weighted by Gasteiger charge is 2.47. The van der Waals surface area contributed by atoms with E-state index >= 15 is 0 Å². The van der Waals surface area contributed by atoms with Crippen molar-refractivity contribution in [3.63, 3.8) is 0 Å². The third-order valence-electron chi connectivity index (χ3n) is 4.71. The molecule has 0 rings (SSSR count). The molecule has 0 radical (unpaired) electrons. The molecule has 3 N–H and O–H groups in total. The number of aliphatic hydroxyl groups excluding tert-OH is 1. The Labute approximate surface area is 131 Å². The molecule has 128 valence electrons. The van der Waals surface area contributed by atoms with E-state index in [1.165, 1.54) is 0 Å². The van der Waals surface area contributed by atoms with Crippen molar-refractivity contribution >= 4 is 0 Å². The zero-order chi connectivity index (χ0) is 16.2. The maximum atomic E-state index is 11.1. The molecule has 1 unspecified atom stereocenters. The van der Waals surface area contributed by atoms with Crippen LogP contribution in [0, 0.1) is 0 Å². The Balaban J connectivity index is 4.82. The van der Waals surface area contributed by atoms with Crippen molar-refractivity contribution in [2.45, 2.75) is 109 Å². The average Bonchev–Trinajstić information content (AvgIpc) is 2.47. The molecule has 0 spiro atoms. The number of aliphatic hydroxyl groups is 3. The van der Waals surface area contributed by atoms with Gasteiger partial charge in [0.25, 0.3) is 0 Å². The Morgan fingerprint density at radius 3 is 1.19 bits per heavy atom. The largest absolute Gasteiger partial charge is 0.393 e. The maximum absolute atomic E-state index is 11.1. The zero-order valence-electron chi connectivity index (χ0n) is 14.5. The van der Waals surface area contributed by atoms with Crippen molar-refractivity contribution < 1.29 is 15.3 Å². The molecule has 0 aromatic carbocycles. The summed E-state index contributed by atoms with van der Waals surface area (Å²) in [5.41, 5.74) is -2.48. The lowest BCUT2D eigenvalue weighted by Crippen LogP contribution is -2.56. The van der Waals surface area contributed by atoms with Crippen molar-refractivity contribution in [3.05, 3.63) is 0 Å². The third-order valence-corrected chi connectivity index (χ3v) is 4.71. The molecule has 3 heteroatoms. The predicted octanol–water partition coefficient (Wildman–Crippen LogP) is 4.18. The van der Waals surface area contributed by atoms with Crippen molar-refractivity contribution in [2.75, 3.05) is 6.61 Å². The third kappa shape index (κ3) is 7.12. The number of hydrogen-bond acceptors (Lipinski definition) is 3. The first kappa shape index (κ1) is 20.9. The molecule has 0 aliphatic carbocycles. The van der Waals surface area contributed by atoms with Crippen molar-refractivity contribution in [2.24, 2.45) is 0 Å². The van der Waals surface area contributed by atoms with E-state index in [2.05, 4.69) is 20.8 Å². The standard InChI is InChI=1S/C18H38O3/c1-4-7-10-13-17(20,14-11-8-5-2)18(21,16-19)15-12-9-6-3/h19-21H,4-16H2,1-3H3. The van der Waals surface area contributed by atoms with E-state index in [1.807, 2.05) is 0 Å². The van der Waals surface area contributed by atoms with Gasteiger partial charge in [0, 0.05) is 0 Å². The Kier molecular flexibility index (Phi) is 11.4. The Morgan fingerprint density at radius 2 is 0.905 bits per heavy atom. The van der Waals surface area contributed by atoms with Crippen LogP contribution in [-0.2, 0) is 0 Å². The van der Waals surface area contributed by atoms with Crippen LogP contribution in [0.3, 0.4) is 0 Å². The highest BCUT2D eigenvalue weighted by Crippen LogP contribution is 2.36. The second-order valence-corrected chi connectivity index (χ2v) is 6.59. The van der Waals surface area contributed by atoms with Crippen LogP contribution in [-0.4, -0.2) is 33.1 Å². The van der Waals surface area contributed by atoms with Crippen LogP contribution in [0.25, 0.3) is 0 Å².